The van der Waals surface area contributed by atoms with E-state index in [-0.39, 0.29) is 0 Å². The van der Waals surface area contributed by atoms with Crippen LogP contribution in [0.3, 0.4) is 0 Å². The predicted octanol–water partition coefficient (Wildman–Crippen LogP) is 3.62. The molecule has 4 heteroatoms. The van der Waals surface area contributed by atoms with Crippen molar-refractivity contribution < 1.29 is 4.42 Å². The van der Waals surface area contributed by atoms with Gasteiger partial charge in [0.1, 0.15) is 0 Å². The number of fused-ring (bicyclic) bond motifs is 2. The highest BCUT2D eigenvalue weighted by Gasteiger charge is 2.36. The molecule has 116 valence electrons. The average molecular weight is 289 g/mol. The molecule has 1 aromatic rings. The van der Waals surface area contributed by atoms with E-state index in [1.807, 2.05) is 0 Å². The third-order valence-electron chi connectivity index (χ3n) is 4.93. The normalized spacial score (nSPS) is 27.7. The number of nitrogens with zero attached hydrogens (tertiary/aromatic N) is 3. The molecule has 21 heavy (non-hydrogen) atoms. The van der Waals surface area contributed by atoms with Gasteiger partial charge in [-0.2, -0.15) is 0 Å². The van der Waals surface area contributed by atoms with Gasteiger partial charge < -0.3 is 4.42 Å². The van der Waals surface area contributed by atoms with E-state index < -0.39 is 0 Å². The molecule has 0 aliphatic heterocycles. The van der Waals surface area contributed by atoms with Crippen molar-refractivity contribution in [3.63, 3.8) is 0 Å². The second kappa shape index (κ2) is 5.91. The summed E-state index contributed by atoms with van der Waals surface area (Å²) in [4.78, 5) is 2.48. The molecule has 0 spiro atoms. The highest BCUT2D eigenvalue weighted by atomic mass is 16.4. The van der Waals surface area contributed by atoms with Crippen molar-refractivity contribution in [3.8, 4) is 0 Å². The van der Waals surface area contributed by atoms with Crippen LogP contribution in [0.15, 0.2) is 16.6 Å². The number of allylic oxidation sites excluding steroid dienone is 2. The van der Waals surface area contributed by atoms with Gasteiger partial charge >= 0.3 is 0 Å². The molecule has 2 aliphatic rings. The molecule has 1 fully saturated rings. The zero-order valence-corrected chi connectivity index (χ0v) is 13.6. The van der Waals surface area contributed by atoms with Gasteiger partial charge in [-0.25, -0.2) is 0 Å². The van der Waals surface area contributed by atoms with Gasteiger partial charge in [0.05, 0.1) is 6.54 Å². The Morgan fingerprint density at radius 2 is 2.00 bits per heavy atom. The summed E-state index contributed by atoms with van der Waals surface area (Å²) in [6.45, 7) is 10.6. The number of hydrogen-bond acceptors (Lipinski definition) is 4. The summed E-state index contributed by atoms with van der Waals surface area (Å²) < 4.78 is 5.77. The van der Waals surface area contributed by atoms with Crippen molar-refractivity contribution in [1.29, 1.82) is 0 Å². The van der Waals surface area contributed by atoms with E-state index in [0.717, 1.165) is 42.6 Å². The maximum atomic E-state index is 5.77. The van der Waals surface area contributed by atoms with Gasteiger partial charge in [-0.05, 0) is 44.4 Å². The Morgan fingerprint density at radius 1 is 1.19 bits per heavy atom. The second-order valence-corrected chi connectivity index (χ2v) is 7.25. The standard InChI is InChI=1S/C17H27N3O/c1-11(2)17-19-18-16(21-17)10-20(12(3)4)9-15-8-13-5-6-14(15)7-13/h5-6,11-15H,7-10H2,1-4H3. The molecule has 1 aromatic heterocycles. The van der Waals surface area contributed by atoms with Gasteiger partial charge in [0.25, 0.3) is 0 Å². The first kappa shape index (κ1) is 14.8. The summed E-state index contributed by atoms with van der Waals surface area (Å²) in [5.41, 5.74) is 0. The zero-order valence-electron chi connectivity index (χ0n) is 13.6. The summed E-state index contributed by atoms with van der Waals surface area (Å²) >= 11 is 0. The first-order valence-electron chi connectivity index (χ1n) is 8.27. The molecular formula is C17H27N3O. The first-order valence-corrected chi connectivity index (χ1v) is 8.27. The van der Waals surface area contributed by atoms with E-state index in [0.29, 0.717) is 12.0 Å². The summed E-state index contributed by atoms with van der Waals surface area (Å²) in [6, 6.07) is 0.502. The first-order chi connectivity index (χ1) is 10.0. The molecule has 0 saturated heterocycles. The molecule has 3 unspecified atom stereocenters. The Kier molecular flexibility index (Phi) is 4.16. The molecule has 0 aromatic carbocycles. The highest BCUT2D eigenvalue weighted by Crippen LogP contribution is 2.43. The third kappa shape index (κ3) is 3.20. The fourth-order valence-corrected chi connectivity index (χ4v) is 3.60. The maximum Gasteiger partial charge on any atom is 0.230 e. The number of aromatic nitrogens is 2. The van der Waals surface area contributed by atoms with E-state index in [1.165, 1.54) is 12.8 Å². The van der Waals surface area contributed by atoms with Crippen LogP contribution in [0.5, 0.6) is 0 Å². The third-order valence-corrected chi connectivity index (χ3v) is 4.93. The molecule has 4 nitrogen and oxygen atoms in total. The monoisotopic (exact) mass is 289 g/mol. The van der Waals surface area contributed by atoms with Gasteiger partial charge in [0, 0.05) is 18.5 Å². The van der Waals surface area contributed by atoms with Crippen LogP contribution in [0.1, 0.15) is 58.2 Å². The fraction of sp³-hybridized carbons (Fsp3) is 0.765. The lowest BCUT2D eigenvalue weighted by Gasteiger charge is -2.30. The van der Waals surface area contributed by atoms with Crippen LogP contribution in [0.25, 0.3) is 0 Å². The van der Waals surface area contributed by atoms with E-state index in [4.69, 9.17) is 4.42 Å². The minimum atomic E-state index is 0.300. The molecule has 2 aliphatic carbocycles. The highest BCUT2D eigenvalue weighted by molar-refractivity contribution is 5.10. The SMILES string of the molecule is CC(C)c1nnc(CN(CC2CC3C=CC2C3)C(C)C)o1. The van der Waals surface area contributed by atoms with Gasteiger partial charge in [-0.15, -0.1) is 10.2 Å². The molecule has 3 atom stereocenters. The van der Waals surface area contributed by atoms with Crippen LogP contribution >= 0.6 is 0 Å². The Hall–Kier alpha value is -1.16. The van der Waals surface area contributed by atoms with Crippen LogP contribution < -0.4 is 0 Å². The minimum absolute atomic E-state index is 0.300. The largest absolute Gasteiger partial charge is 0.424 e. The van der Waals surface area contributed by atoms with Crippen LogP contribution in [0, 0.1) is 17.8 Å². The van der Waals surface area contributed by atoms with Crippen molar-refractivity contribution >= 4 is 0 Å². The summed E-state index contributed by atoms with van der Waals surface area (Å²) in [5, 5.41) is 8.35. The summed E-state index contributed by atoms with van der Waals surface area (Å²) in [7, 11) is 0. The fourth-order valence-electron chi connectivity index (χ4n) is 3.60. The Morgan fingerprint density at radius 3 is 2.52 bits per heavy atom. The van der Waals surface area contributed by atoms with Crippen LogP contribution in [-0.2, 0) is 6.54 Å². The number of rotatable bonds is 6. The lowest BCUT2D eigenvalue weighted by atomic mass is 9.92. The van der Waals surface area contributed by atoms with Crippen LogP contribution in [-0.4, -0.2) is 27.7 Å². The Bertz CT molecular complexity index is 506. The van der Waals surface area contributed by atoms with E-state index in [2.05, 4.69) is 54.9 Å². The smallest absolute Gasteiger partial charge is 0.230 e. The van der Waals surface area contributed by atoms with E-state index >= 15 is 0 Å². The molecule has 1 saturated carbocycles. The maximum absolute atomic E-state index is 5.77. The molecule has 1 heterocycles. The van der Waals surface area contributed by atoms with Crippen molar-refractivity contribution in [2.24, 2.45) is 17.8 Å². The van der Waals surface area contributed by atoms with Crippen LogP contribution in [0.2, 0.25) is 0 Å². The average Bonchev–Trinajstić information content (AvgIpc) is 3.13. The van der Waals surface area contributed by atoms with Crippen molar-refractivity contribution in [3.05, 3.63) is 23.9 Å². The molecular weight excluding hydrogens is 262 g/mol. The van der Waals surface area contributed by atoms with Gasteiger partial charge in [0.15, 0.2) is 0 Å². The van der Waals surface area contributed by atoms with Crippen molar-refractivity contribution in [1.82, 2.24) is 15.1 Å². The predicted molar refractivity (Wildman–Crippen MR) is 82.8 cm³/mol. The van der Waals surface area contributed by atoms with Crippen LogP contribution in [0.4, 0.5) is 0 Å². The van der Waals surface area contributed by atoms with Gasteiger partial charge in [0.2, 0.25) is 11.8 Å². The number of hydrogen-bond donors (Lipinski definition) is 0. The quantitative estimate of drug-likeness (QED) is 0.750. The molecule has 2 bridgehead atoms. The molecule has 0 radical (unpaired) electrons. The zero-order chi connectivity index (χ0) is 15.0. The summed E-state index contributed by atoms with van der Waals surface area (Å²) in [6.07, 6.45) is 7.56. The van der Waals surface area contributed by atoms with E-state index in [9.17, 15) is 0 Å². The lowest BCUT2D eigenvalue weighted by molar-refractivity contribution is 0.152. The minimum Gasteiger partial charge on any atom is -0.424 e. The topological polar surface area (TPSA) is 42.2 Å². The second-order valence-electron chi connectivity index (χ2n) is 7.25. The molecule has 0 N–H and O–H groups in total. The Labute approximate surface area is 127 Å². The molecule has 3 rings (SSSR count). The lowest BCUT2D eigenvalue weighted by Crippen LogP contribution is -2.36. The summed E-state index contributed by atoms with van der Waals surface area (Å²) in [5.74, 6) is 4.24. The van der Waals surface area contributed by atoms with Gasteiger partial charge in [-0.3, -0.25) is 4.90 Å². The molecule has 0 amide bonds. The van der Waals surface area contributed by atoms with Crippen molar-refractivity contribution in [2.75, 3.05) is 6.54 Å². The van der Waals surface area contributed by atoms with Crippen molar-refractivity contribution in [2.45, 2.75) is 59.0 Å². The van der Waals surface area contributed by atoms with E-state index in [1.54, 1.807) is 0 Å². The Balaban J connectivity index is 1.63. The van der Waals surface area contributed by atoms with Gasteiger partial charge in [-0.1, -0.05) is 26.0 Å².